The average Bonchev–Trinajstić information content (AvgIpc) is 2.43. The number of hydrogen-bond acceptors (Lipinski definition) is 3. The highest BCUT2D eigenvalue weighted by Crippen LogP contribution is 2.26. The van der Waals surface area contributed by atoms with Gasteiger partial charge in [0.25, 0.3) is 0 Å². The van der Waals surface area contributed by atoms with Crippen LogP contribution < -0.4 is 11.3 Å². The quantitative estimate of drug-likeness (QED) is 0.492. The molecule has 2 aromatic rings. The van der Waals surface area contributed by atoms with E-state index in [-0.39, 0.29) is 11.9 Å². The molecule has 2 rings (SSSR count). The molecule has 0 aliphatic rings. The van der Waals surface area contributed by atoms with Crippen molar-refractivity contribution in [3.63, 3.8) is 0 Å². The minimum absolute atomic E-state index is 0.213. The zero-order valence-electron chi connectivity index (χ0n) is 10.1. The van der Waals surface area contributed by atoms with Crippen LogP contribution in [0.2, 0.25) is 0 Å². The van der Waals surface area contributed by atoms with Crippen molar-refractivity contribution in [3.8, 4) is 0 Å². The van der Waals surface area contributed by atoms with Crippen LogP contribution >= 0.6 is 27.7 Å². The number of halogens is 2. The standard InChI is InChI=1S/C14H14BrFN2S/c15-10-5-7-11(8-6-10)19-9-14(18-17)12-3-1-2-4-13(12)16/h1-8,14,18H,9,17H2. The second kappa shape index (κ2) is 7.05. The summed E-state index contributed by atoms with van der Waals surface area (Å²) in [5.74, 6) is 5.96. The van der Waals surface area contributed by atoms with Crippen molar-refractivity contribution in [2.24, 2.45) is 5.84 Å². The van der Waals surface area contributed by atoms with Crippen LogP contribution in [0.3, 0.4) is 0 Å². The Morgan fingerprint density at radius 2 is 1.84 bits per heavy atom. The molecule has 0 fully saturated rings. The Morgan fingerprint density at radius 1 is 1.16 bits per heavy atom. The van der Waals surface area contributed by atoms with Gasteiger partial charge in [0.1, 0.15) is 5.82 Å². The highest BCUT2D eigenvalue weighted by Gasteiger charge is 2.14. The van der Waals surface area contributed by atoms with Gasteiger partial charge in [-0.05, 0) is 30.3 Å². The zero-order chi connectivity index (χ0) is 13.7. The molecule has 1 unspecified atom stereocenters. The van der Waals surface area contributed by atoms with Gasteiger partial charge in [0.15, 0.2) is 0 Å². The first-order chi connectivity index (χ1) is 9.20. The number of nitrogens with two attached hydrogens (primary N) is 1. The molecule has 0 aliphatic heterocycles. The van der Waals surface area contributed by atoms with Gasteiger partial charge in [0, 0.05) is 20.7 Å². The minimum atomic E-state index is -0.234. The van der Waals surface area contributed by atoms with Crippen LogP contribution in [0.5, 0.6) is 0 Å². The number of hydrogen-bond donors (Lipinski definition) is 2. The molecule has 0 spiro atoms. The maximum Gasteiger partial charge on any atom is 0.128 e. The fourth-order valence-corrected chi connectivity index (χ4v) is 2.92. The smallest absolute Gasteiger partial charge is 0.128 e. The third kappa shape index (κ3) is 4.04. The second-order valence-electron chi connectivity index (χ2n) is 4.01. The first-order valence-corrected chi connectivity index (χ1v) is 7.57. The third-order valence-corrected chi connectivity index (χ3v) is 4.35. The summed E-state index contributed by atoms with van der Waals surface area (Å²) in [4.78, 5) is 1.12. The van der Waals surface area contributed by atoms with Crippen LogP contribution in [0.15, 0.2) is 57.9 Å². The number of hydrazine groups is 1. The zero-order valence-corrected chi connectivity index (χ0v) is 12.5. The van der Waals surface area contributed by atoms with Crippen LogP contribution in [0.1, 0.15) is 11.6 Å². The molecule has 0 aromatic heterocycles. The van der Waals surface area contributed by atoms with Crippen LogP contribution in [-0.4, -0.2) is 5.75 Å². The van der Waals surface area contributed by atoms with E-state index in [1.54, 1.807) is 23.9 Å². The van der Waals surface area contributed by atoms with Crippen LogP contribution in [0, 0.1) is 5.82 Å². The van der Waals surface area contributed by atoms with Crippen molar-refractivity contribution in [3.05, 3.63) is 64.4 Å². The van der Waals surface area contributed by atoms with E-state index in [0.29, 0.717) is 11.3 Å². The summed E-state index contributed by atoms with van der Waals surface area (Å²) < 4.78 is 14.7. The Bertz CT molecular complexity index is 533. The van der Waals surface area contributed by atoms with E-state index in [1.165, 1.54) is 6.07 Å². The van der Waals surface area contributed by atoms with E-state index < -0.39 is 0 Å². The Morgan fingerprint density at radius 3 is 2.47 bits per heavy atom. The molecule has 2 aromatic carbocycles. The Kier molecular flexibility index (Phi) is 5.39. The molecule has 1 atom stereocenters. The normalized spacial score (nSPS) is 12.4. The molecule has 0 amide bonds. The van der Waals surface area contributed by atoms with Crippen LogP contribution in [0.25, 0.3) is 0 Å². The largest absolute Gasteiger partial charge is 0.271 e. The lowest BCUT2D eigenvalue weighted by Crippen LogP contribution is -2.30. The number of rotatable bonds is 5. The molecule has 0 aliphatic carbocycles. The molecule has 0 saturated heterocycles. The molecule has 3 N–H and O–H groups in total. The maximum absolute atomic E-state index is 13.7. The topological polar surface area (TPSA) is 38.0 Å². The van der Waals surface area contributed by atoms with Gasteiger partial charge in [-0.15, -0.1) is 11.8 Å². The molecular formula is C14H14BrFN2S. The first kappa shape index (κ1) is 14.5. The Balaban J connectivity index is 2.04. The van der Waals surface area contributed by atoms with E-state index in [2.05, 4.69) is 21.4 Å². The maximum atomic E-state index is 13.7. The molecule has 2 nitrogen and oxygen atoms in total. The van der Waals surface area contributed by atoms with Gasteiger partial charge in [0.05, 0.1) is 6.04 Å². The summed E-state index contributed by atoms with van der Waals surface area (Å²) in [6, 6.07) is 14.5. The summed E-state index contributed by atoms with van der Waals surface area (Å²) in [5, 5.41) is 0. The van der Waals surface area contributed by atoms with Crippen molar-refractivity contribution in [2.75, 3.05) is 5.75 Å². The molecule has 0 saturated carbocycles. The first-order valence-electron chi connectivity index (χ1n) is 5.79. The molecular weight excluding hydrogens is 327 g/mol. The molecule has 19 heavy (non-hydrogen) atoms. The summed E-state index contributed by atoms with van der Waals surface area (Å²) in [6.07, 6.45) is 0. The minimum Gasteiger partial charge on any atom is -0.271 e. The van der Waals surface area contributed by atoms with Gasteiger partial charge in [-0.25, -0.2) is 4.39 Å². The van der Waals surface area contributed by atoms with Gasteiger partial charge in [-0.3, -0.25) is 11.3 Å². The molecule has 0 bridgehead atoms. The van der Waals surface area contributed by atoms with Gasteiger partial charge in [-0.1, -0.05) is 34.1 Å². The van der Waals surface area contributed by atoms with Crippen molar-refractivity contribution < 1.29 is 4.39 Å². The van der Waals surface area contributed by atoms with E-state index in [4.69, 9.17) is 5.84 Å². The van der Waals surface area contributed by atoms with E-state index in [0.717, 1.165) is 9.37 Å². The summed E-state index contributed by atoms with van der Waals surface area (Å²) in [5.41, 5.74) is 3.26. The van der Waals surface area contributed by atoms with E-state index in [1.807, 2.05) is 30.3 Å². The SMILES string of the molecule is NNC(CSc1ccc(Br)cc1)c1ccccc1F. The highest BCUT2D eigenvalue weighted by atomic mass is 79.9. The lowest BCUT2D eigenvalue weighted by Gasteiger charge is -2.16. The van der Waals surface area contributed by atoms with Crippen LogP contribution in [0.4, 0.5) is 4.39 Å². The number of nitrogens with one attached hydrogen (secondary N) is 1. The molecule has 0 heterocycles. The average molecular weight is 341 g/mol. The number of thioether (sulfide) groups is 1. The van der Waals surface area contributed by atoms with Gasteiger partial charge in [-0.2, -0.15) is 0 Å². The van der Waals surface area contributed by atoms with Gasteiger partial charge in [0.2, 0.25) is 0 Å². The van der Waals surface area contributed by atoms with E-state index >= 15 is 0 Å². The van der Waals surface area contributed by atoms with Crippen molar-refractivity contribution in [1.82, 2.24) is 5.43 Å². The summed E-state index contributed by atoms with van der Waals surface area (Å²) in [6.45, 7) is 0. The molecule has 5 heteroatoms. The van der Waals surface area contributed by atoms with Gasteiger partial charge < -0.3 is 0 Å². The predicted octanol–water partition coefficient (Wildman–Crippen LogP) is 3.88. The fraction of sp³-hybridized carbons (Fsp3) is 0.143. The van der Waals surface area contributed by atoms with Crippen LogP contribution in [-0.2, 0) is 0 Å². The molecule has 0 radical (unpaired) electrons. The summed E-state index contributed by atoms with van der Waals surface area (Å²) >= 11 is 5.03. The number of benzene rings is 2. The lowest BCUT2D eigenvalue weighted by atomic mass is 10.1. The lowest BCUT2D eigenvalue weighted by molar-refractivity contribution is 0.546. The van der Waals surface area contributed by atoms with Crippen molar-refractivity contribution >= 4 is 27.7 Å². The highest BCUT2D eigenvalue weighted by molar-refractivity contribution is 9.10. The summed E-state index contributed by atoms with van der Waals surface area (Å²) in [7, 11) is 0. The van der Waals surface area contributed by atoms with E-state index in [9.17, 15) is 4.39 Å². The fourth-order valence-electron chi connectivity index (χ4n) is 1.70. The third-order valence-electron chi connectivity index (χ3n) is 2.71. The Hall–Kier alpha value is -0.880. The van der Waals surface area contributed by atoms with Crippen molar-refractivity contribution in [1.29, 1.82) is 0 Å². The monoisotopic (exact) mass is 340 g/mol. The predicted molar refractivity (Wildman–Crippen MR) is 81.3 cm³/mol. The second-order valence-corrected chi connectivity index (χ2v) is 6.01. The van der Waals surface area contributed by atoms with Gasteiger partial charge >= 0.3 is 0 Å². The molecule has 100 valence electrons. The Labute approximate surface area is 124 Å². The van der Waals surface area contributed by atoms with Crippen molar-refractivity contribution in [2.45, 2.75) is 10.9 Å².